The number of halogens is 1. The van der Waals surface area contributed by atoms with Crippen molar-refractivity contribution in [2.45, 2.75) is 18.8 Å². The van der Waals surface area contributed by atoms with Crippen molar-refractivity contribution in [3.63, 3.8) is 0 Å². The Balaban J connectivity index is 1.76. The molecule has 1 aliphatic heterocycles. The summed E-state index contributed by atoms with van der Waals surface area (Å²) in [5.74, 6) is -1.08. The summed E-state index contributed by atoms with van der Waals surface area (Å²) >= 11 is 5.65. The number of hydrogen-bond donors (Lipinski definition) is 2. The number of amides is 3. The molecule has 23 heavy (non-hydrogen) atoms. The van der Waals surface area contributed by atoms with Crippen LogP contribution in [0.1, 0.15) is 34.9 Å². The van der Waals surface area contributed by atoms with Gasteiger partial charge in [-0.2, -0.15) is 0 Å². The van der Waals surface area contributed by atoms with Gasteiger partial charge in [0, 0.05) is 24.4 Å². The summed E-state index contributed by atoms with van der Waals surface area (Å²) in [7, 11) is 0. The molecular weight excluding hydrogens is 320 g/mol. The van der Waals surface area contributed by atoms with Gasteiger partial charge in [-0.1, -0.05) is 12.1 Å². The van der Waals surface area contributed by atoms with E-state index in [9.17, 15) is 14.4 Å². The van der Waals surface area contributed by atoms with Gasteiger partial charge in [0.05, 0.1) is 0 Å². The van der Waals surface area contributed by atoms with Crippen LogP contribution in [-0.4, -0.2) is 17.7 Å². The van der Waals surface area contributed by atoms with E-state index in [2.05, 4.69) is 10.6 Å². The van der Waals surface area contributed by atoms with Gasteiger partial charge in [0.25, 0.3) is 5.91 Å². The molecule has 2 heterocycles. The average molecular weight is 333 g/mol. The Morgan fingerprint density at radius 1 is 1.17 bits per heavy atom. The third kappa shape index (κ3) is 3.60. The Labute approximate surface area is 136 Å². The van der Waals surface area contributed by atoms with Gasteiger partial charge in [0.2, 0.25) is 11.8 Å². The zero-order valence-electron chi connectivity index (χ0n) is 12.0. The number of imide groups is 1. The van der Waals surface area contributed by atoms with Crippen LogP contribution in [0.25, 0.3) is 0 Å². The highest BCUT2D eigenvalue weighted by atomic mass is 35.5. The fourth-order valence-corrected chi connectivity index (χ4v) is 2.66. The van der Waals surface area contributed by atoms with Crippen LogP contribution in [0.4, 0.5) is 5.69 Å². The van der Waals surface area contributed by atoms with Gasteiger partial charge in [-0.3, -0.25) is 19.7 Å². The molecule has 6 nitrogen and oxygen atoms in total. The minimum atomic E-state index is -0.425. The van der Waals surface area contributed by atoms with E-state index in [0.717, 1.165) is 5.56 Å². The Kier molecular flexibility index (Phi) is 4.16. The molecule has 0 aliphatic carbocycles. The molecule has 1 aliphatic rings. The monoisotopic (exact) mass is 332 g/mol. The van der Waals surface area contributed by atoms with E-state index in [1.165, 1.54) is 12.1 Å². The smallest absolute Gasteiger partial charge is 0.291 e. The van der Waals surface area contributed by atoms with Crippen molar-refractivity contribution < 1.29 is 18.8 Å². The minimum absolute atomic E-state index is 0.104. The molecule has 1 fully saturated rings. The molecular formula is C16H13ClN2O4. The Morgan fingerprint density at radius 2 is 1.91 bits per heavy atom. The maximum Gasteiger partial charge on any atom is 0.291 e. The van der Waals surface area contributed by atoms with Gasteiger partial charge in [-0.05, 0) is 41.4 Å². The fourth-order valence-electron chi connectivity index (χ4n) is 2.51. The SMILES string of the molecule is O=C1CC(c2cccc(NC(=O)c3ccc(Cl)o3)c2)CC(=O)N1. The minimum Gasteiger partial charge on any atom is -0.440 e. The topological polar surface area (TPSA) is 88.4 Å². The molecule has 2 N–H and O–H groups in total. The summed E-state index contributed by atoms with van der Waals surface area (Å²) in [6.07, 6.45) is 0.494. The summed E-state index contributed by atoms with van der Waals surface area (Å²) in [6.45, 7) is 0. The predicted octanol–water partition coefficient (Wildman–Crippen LogP) is 2.71. The number of nitrogens with one attached hydrogen (secondary N) is 2. The molecule has 0 radical (unpaired) electrons. The molecule has 0 atom stereocenters. The van der Waals surface area contributed by atoms with Crippen LogP contribution in [0.3, 0.4) is 0 Å². The van der Waals surface area contributed by atoms with Crippen LogP contribution < -0.4 is 10.6 Å². The second-order valence-electron chi connectivity index (χ2n) is 5.26. The number of carbonyl (C=O) groups is 3. The Bertz CT molecular complexity index is 768. The highest BCUT2D eigenvalue weighted by Crippen LogP contribution is 2.28. The van der Waals surface area contributed by atoms with Gasteiger partial charge in [0.15, 0.2) is 11.0 Å². The largest absolute Gasteiger partial charge is 0.440 e. The number of hydrogen-bond acceptors (Lipinski definition) is 4. The molecule has 0 saturated carbocycles. The quantitative estimate of drug-likeness (QED) is 0.846. The third-order valence-electron chi connectivity index (χ3n) is 3.56. The Morgan fingerprint density at radius 3 is 2.57 bits per heavy atom. The van der Waals surface area contributed by atoms with Crippen molar-refractivity contribution in [3.8, 4) is 0 Å². The lowest BCUT2D eigenvalue weighted by molar-refractivity contribution is -0.133. The normalized spacial score (nSPS) is 15.3. The lowest BCUT2D eigenvalue weighted by Gasteiger charge is -2.21. The average Bonchev–Trinajstić information content (AvgIpc) is 2.93. The van der Waals surface area contributed by atoms with Crippen LogP contribution in [0.5, 0.6) is 0 Å². The zero-order valence-corrected chi connectivity index (χ0v) is 12.7. The number of anilines is 1. The molecule has 2 aromatic rings. The third-order valence-corrected chi connectivity index (χ3v) is 3.76. The van der Waals surface area contributed by atoms with E-state index >= 15 is 0 Å². The second-order valence-corrected chi connectivity index (χ2v) is 5.63. The van der Waals surface area contributed by atoms with Gasteiger partial charge in [-0.25, -0.2) is 0 Å². The fraction of sp³-hybridized carbons (Fsp3) is 0.188. The van der Waals surface area contributed by atoms with Crippen molar-refractivity contribution in [2.24, 2.45) is 0 Å². The molecule has 1 aromatic heterocycles. The van der Waals surface area contributed by atoms with E-state index in [4.69, 9.17) is 16.0 Å². The van der Waals surface area contributed by atoms with Crippen LogP contribution in [0, 0.1) is 0 Å². The van der Waals surface area contributed by atoms with Gasteiger partial charge in [-0.15, -0.1) is 0 Å². The van der Waals surface area contributed by atoms with E-state index in [1.807, 2.05) is 6.07 Å². The molecule has 0 spiro atoms. The molecule has 118 valence electrons. The van der Waals surface area contributed by atoms with Crippen molar-refractivity contribution in [1.82, 2.24) is 5.32 Å². The highest BCUT2D eigenvalue weighted by Gasteiger charge is 2.26. The Hall–Kier alpha value is -2.60. The number of benzene rings is 1. The van der Waals surface area contributed by atoms with Gasteiger partial charge in [0.1, 0.15) is 0 Å². The van der Waals surface area contributed by atoms with Crippen LogP contribution in [0.2, 0.25) is 5.22 Å². The number of piperidine rings is 1. The standard InChI is InChI=1S/C16H13ClN2O4/c17-13-5-4-12(23-13)16(22)18-11-3-1-2-9(6-11)10-7-14(20)19-15(21)8-10/h1-6,10H,7-8H2,(H,18,22)(H,19,20,21). The second kappa shape index (κ2) is 6.26. The summed E-state index contributed by atoms with van der Waals surface area (Å²) in [4.78, 5) is 35.0. The summed E-state index contributed by atoms with van der Waals surface area (Å²) < 4.78 is 5.05. The van der Waals surface area contributed by atoms with Crippen molar-refractivity contribution >= 4 is 35.0 Å². The predicted molar refractivity (Wildman–Crippen MR) is 83.2 cm³/mol. The maximum atomic E-state index is 12.0. The molecule has 1 saturated heterocycles. The molecule has 0 unspecified atom stereocenters. The highest BCUT2D eigenvalue weighted by molar-refractivity contribution is 6.29. The van der Waals surface area contributed by atoms with E-state index in [1.54, 1.807) is 18.2 Å². The van der Waals surface area contributed by atoms with Gasteiger partial charge < -0.3 is 9.73 Å². The zero-order chi connectivity index (χ0) is 16.4. The number of carbonyl (C=O) groups excluding carboxylic acids is 3. The lowest BCUT2D eigenvalue weighted by atomic mass is 9.89. The number of furan rings is 1. The van der Waals surface area contributed by atoms with E-state index in [-0.39, 0.29) is 41.6 Å². The molecule has 7 heteroatoms. The number of rotatable bonds is 3. The van der Waals surface area contributed by atoms with Crippen molar-refractivity contribution in [3.05, 3.63) is 52.9 Å². The first-order chi connectivity index (χ1) is 11.0. The first kappa shape index (κ1) is 15.3. The first-order valence-corrected chi connectivity index (χ1v) is 7.38. The first-order valence-electron chi connectivity index (χ1n) is 7.00. The van der Waals surface area contributed by atoms with Crippen LogP contribution >= 0.6 is 11.6 Å². The van der Waals surface area contributed by atoms with E-state index in [0.29, 0.717) is 5.69 Å². The summed E-state index contributed by atoms with van der Waals surface area (Å²) in [5.41, 5.74) is 1.38. The van der Waals surface area contributed by atoms with Crippen molar-refractivity contribution in [2.75, 3.05) is 5.32 Å². The van der Waals surface area contributed by atoms with Gasteiger partial charge >= 0.3 is 0 Å². The molecule has 3 rings (SSSR count). The maximum absolute atomic E-state index is 12.0. The molecule has 1 aromatic carbocycles. The van der Waals surface area contributed by atoms with Crippen molar-refractivity contribution in [1.29, 1.82) is 0 Å². The van der Waals surface area contributed by atoms with E-state index < -0.39 is 5.91 Å². The molecule has 3 amide bonds. The summed E-state index contributed by atoms with van der Waals surface area (Å²) in [5, 5.41) is 5.11. The van der Waals surface area contributed by atoms with Crippen LogP contribution in [-0.2, 0) is 9.59 Å². The van der Waals surface area contributed by atoms with Crippen LogP contribution in [0.15, 0.2) is 40.8 Å². The molecule has 0 bridgehead atoms. The summed E-state index contributed by atoms with van der Waals surface area (Å²) in [6, 6.07) is 10.0. The lowest BCUT2D eigenvalue weighted by Crippen LogP contribution is -2.37.